The fraction of sp³-hybridized carbons (Fsp3) is 0.407. The van der Waals surface area contributed by atoms with Crippen LogP contribution in [0, 0.1) is 0 Å². The standard InChI is InChI=1S/C27H33N7O4/c1-31-16-18(26(36)37-3)14-20(24(31)35)21-15-29-32(2)25(21)38-13-12-33-11-7-6-8-19(17-33)34-23-10-5-4-9-22(23)30-27(34)28/h4-5,9-10,14-16,19H,6-8,11-13,17H2,1-3H3,(H2,28,30). The summed E-state index contributed by atoms with van der Waals surface area (Å²) in [4.78, 5) is 32.0. The average molecular weight is 520 g/mol. The van der Waals surface area contributed by atoms with Crippen molar-refractivity contribution < 1.29 is 14.3 Å². The number of imidazole rings is 1. The van der Waals surface area contributed by atoms with Crippen molar-refractivity contribution in [2.24, 2.45) is 14.1 Å². The Hall–Kier alpha value is -4.12. The molecule has 0 saturated carbocycles. The number of para-hydroxylation sites is 2. The zero-order chi connectivity index (χ0) is 26.8. The van der Waals surface area contributed by atoms with Crippen LogP contribution in [0.5, 0.6) is 5.88 Å². The summed E-state index contributed by atoms with van der Waals surface area (Å²) < 4.78 is 16.2. The molecule has 0 bridgehead atoms. The minimum absolute atomic E-state index is 0.223. The van der Waals surface area contributed by atoms with Crippen LogP contribution in [-0.2, 0) is 18.8 Å². The number of aryl methyl sites for hydroxylation is 2. The number of anilines is 1. The molecule has 38 heavy (non-hydrogen) atoms. The van der Waals surface area contributed by atoms with Crippen molar-refractivity contribution in [2.45, 2.75) is 25.3 Å². The Kier molecular flexibility index (Phi) is 7.19. The molecule has 0 amide bonds. The number of ether oxygens (including phenoxy) is 2. The van der Waals surface area contributed by atoms with E-state index < -0.39 is 5.97 Å². The molecule has 1 fully saturated rings. The first-order valence-corrected chi connectivity index (χ1v) is 12.8. The van der Waals surface area contributed by atoms with Crippen LogP contribution in [0.2, 0.25) is 0 Å². The number of fused-ring (bicyclic) bond motifs is 1. The minimum Gasteiger partial charge on any atom is -0.476 e. The summed E-state index contributed by atoms with van der Waals surface area (Å²) in [7, 11) is 4.67. The number of benzene rings is 1. The van der Waals surface area contributed by atoms with E-state index in [1.165, 1.54) is 23.9 Å². The maximum absolute atomic E-state index is 12.9. The molecule has 1 aliphatic rings. The van der Waals surface area contributed by atoms with Crippen LogP contribution in [0.15, 0.2) is 47.5 Å². The first kappa shape index (κ1) is 25.5. The number of methoxy groups -OCH3 is 1. The molecule has 1 atom stereocenters. The smallest absolute Gasteiger partial charge is 0.339 e. The summed E-state index contributed by atoms with van der Waals surface area (Å²) >= 11 is 0. The second-order valence-electron chi connectivity index (χ2n) is 9.66. The molecule has 200 valence electrons. The lowest BCUT2D eigenvalue weighted by atomic mass is 10.1. The average Bonchev–Trinajstić information content (AvgIpc) is 3.34. The third kappa shape index (κ3) is 4.89. The first-order valence-electron chi connectivity index (χ1n) is 12.8. The number of pyridine rings is 1. The van der Waals surface area contributed by atoms with Gasteiger partial charge in [-0.05, 0) is 37.6 Å². The number of carbonyl (C=O) groups is 1. The van der Waals surface area contributed by atoms with E-state index in [0.29, 0.717) is 36.1 Å². The second kappa shape index (κ2) is 10.7. The van der Waals surface area contributed by atoms with Crippen molar-refractivity contribution in [3.8, 4) is 17.0 Å². The SMILES string of the molecule is COC(=O)c1cc(-c2cnn(C)c2OCCN2CCCCC(n3c(N)nc4ccccc43)C2)c(=O)n(C)c1. The van der Waals surface area contributed by atoms with Crippen LogP contribution in [0.4, 0.5) is 5.95 Å². The predicted molar refractivity (Wildman–Crippen MR) is 144 cm³/mol. The number of hydrogen-bond acceptors (Lipinski definition) is 8. The summed E-state index contributed by atoms with van der Waals surface area (Å²) in [6, 6.07) is 9.80. The van der Waals surface area contributed by atoms with Gasteiger partial charge < -0.3 is 24.3 Å². The van der Waals surface area contributed by atoms with Crippen molar-refractivity contribution in [2.75, 3.05) is 39.1 Å². The summed E-state index contributed by atoms with van der Waals surface area (Å²) in [5, 5.41) is 4.31. The van der Waals surface area contributed by atoms with Gasteiger partial charge in [-0.3, -0.25) is 9.69 Å². The summed E-state index contributed by atoms with van der Waals surface area (Å²) in [6.07, 6.45) is 6.28. The highest BCUT2D eigenvalue weighted by Crippen LogP contribution is 2.30. The van der Waals surface area contributed by atoms with Gasteiger partial charge in [0.1, 0.15) is 6.61 Å². The van der Waals surface area contributed by atoms with Gasteiger partial charge in [-0.25, -0.2) is 14.5 Å². The van der Waals surface area contributed by atoms with E-state index in [0.717, 1.165) is 43.4 Å². The van der Waals surface area contributed by atoms with Gasteiger partial charge >= 0.3 is 5.97 Å². The monoisotopic (exact) mass is 519 g/mol. The lowest BCUT2D eigenvalue weighted by Crippen LogP contribution is -2.33. The number of nitrogen functional groups attached to an aromatic ring is 1. The second-order valence-corrected chi connectivity index (χ2v) is 9.66. The number of aromatic nitrogens is 5. The Labute approximate surface area is 220 Å². The zero-order valence-corrected chi connectivity index (χ0v) is 22.0. The van der Waals surface area contributed by atoms with Gasteiger partial charge in [0.25, 0.3) is 5.56 Å². The highest BCUT2D eigenvalue weighted by atomic mass is 16.5. The largest absolute Gasteiger partial charge is 0.476 e. The van der Waals surface area contributed by atoms with Crippen LogP contribution in [0.1, 0.15) is 35.7 Å². The van der Waals surface area contributed by atoms with Crippen molar-refractivity contribution >= 4 is 23.0 Å². The maximum atomic E-state index is 12.9. The molecule has 0 aliphatic carbocycles. The maximum Gasteiger partial charge on any atom is 0.339 e. The molecule has 1 aliphatic heterocycles. The van der Waals surface area contributed by atoms with Gasteiger partial charge in [0, 0.05) is 39.4 Å². The molecule has 4 aromatic rings. The Morgan fingerprint density at radius 3 is 2.82 bits per heavy atom. The summed E-state index contributed by atoms with van der Waals surface area (Å²) in [5.74, 6) is 0.500. The molecule has 0 radical (unpaired) electrons. The third-order valence-corrected chi connectivity index (χ3v) is 7.14. The fourth-order valence-corrected chi connectivity index (χ4v) is 5.24. The number of hydrogen-bond donors (Lipinski definition) is 1. The van der Waals surface area contributed by atoms with Crippen LogP contribution < -0.4 is 16.0 Å². The van der Waals surface area contributed by atoms with E-state index in [1.807, 2.05) is 18.2 Å². The molecule has 3 aromatic heterocycles. The van der Waals surface area contributed by atoms with Crippen LogP contribution in [0.25, 0.3) is 22.2 Å². The zero-order valence-electron chi connectivity index (χ0n) is 22.0. The lowest BCUT2D eigenvalue weighted by molar-refractivity contribution is 0.0599. The van der Waals surface area contributed by atoms with E-state index in [1.54, 1.807) is 25.0 Å². The number of likely N-dealkylation sites (tertiary alicyclic amines) is 1. The Bertz CT molecular complexity index is 1520. The molecule has 2 N–H and O–H groups in total. The van der Waals surface area contributed by atoms with Gasteiger partial charge in [0.2, 0.25) is 11.8 Å². The van der Waals surface area contributed by atoms with E-state index in [2.05, 4.69) is 25.6 Å². The Balaban J connectivity index is 1.32. The quantitative estimate of drug-likeness (QED) is 0.370. The fourth-order valence-electron chi connectivity index (χ4n) is 5.24. The van der Waals surface area contributed by atoms with Crippen LogP contribution in [-0.4, -0.2) is 68.1 Å². The molecular weight excluding hydrogens is 486 g/mol. The van der Waals surface area contributed by atoms with Crippen LogP contribution >= 0.6 is 0 Å². The van der Waals surface area contributed by atoms with E-state index in [4.69, 9.17) is 15.2 Å². The minimum atomic E-state index is -0.518. The first-order chi connectivity index (χ1) is 18.4. The van der Waals surface area contributed by atoms with Gasteiger partial charge in [-0.15, -0.1) is 0 Å². The molecule has 1 saturated heterocycles. The van der Waals surface area contributed by atoms with Crippen molar-refractivity contribution in [1.82, 2.24) is 28.8 Å². The molecule has 11 nitrogen and oxygen atoms in total. The van der Waals surface area contributed by atoms with Crippen molar-refractivity contribution in [3.63, 3.8) is 0 Å². The Morgan fingerprint density at radius 1 is 1.18 bits per heavy atom. The Morgan fingerprint density at radius 2 is 2.00 bits per heavy atom. The molecule has 1 unspecified atom stereocenters. The molecular formula is C27H33N7O4. The van der Waals surface area contributed by atoms with Gasteiger partial charge in [0.15, 0.2) is 0 Å². The van der Waals surface area contributed by atoms with Crippen molar-refractivity contribution in [1.29, 1.82) is 0 Å². The molecule has 5 rings (SSSR count). The molecule has 4 heterocycles. The van der Waals surface area contributed by atoms with Gasteiger partial charge in [-0.1, -0.05) is 18.6 Å². The topological polar surface area (TPSA) is 122 Å². The number of nitrogens with two attached hydrogens (primary N) is 1. The predicted octanol–water partition coefficient (Wildman–Crippen LogP) is 2.61. The van der Waals surface area contributed by atoms with E-state index in [-0.39, 0.29) is 17.2 Å². The van der Waals surface area contributed by atoms with Gasteiger partial charge in [-0.2, -0.15) is 5.10 Å². The number of rotatable bonds is 7. The lowest BCUT2D eigenvalue weighted by Gasteiger charge is -2.26. The summed E-state index contributed by atoms with van der Waals surface area (Å²) in [6.45, 7) is 2.92. The van der Waals surface area contributed by atoms with E-state index >= 15 is 0 Å². The third-order valence-electron chi connectivity index (χ3n) is 7.14. The van der Waals surface area contributed by atoms with E-state index in [9.17, 15) is 9.59 Å². The highest BCUT2D eigenvalue weighted by molar-refractivity contribution is 5.90. The highest BCUT2D eigenvalue weighted by Gasteiger charge is 2.24. The molecule has 11 heteroatoms. The summed E-state index contributed by atoms with van der Waals surface area (Å²) in [5.41, 5.74) is 9.20. The normalized spacial score (nSPS) is 16.4. The molecule has 1 aromatic carbocycles. The molecule has 0 spiro atoms. The number of nitrogens with zero attached hydrogens (tertiary/aromatic N) is 6. The van der Waals surface area contributed by atoms with Crippen LogP contribution in [0.3, 0.4) is 0 Å². The number of esters is 1. The number of carbonyl (C=O) groups excluding carboxylic acids is 1. The van der Waals surface area contributed by atoms with Gasteiger partial charge in [0.05, 0.1) is 41.0 Å². The van der Waals surface area contributed by atoms with Crippen molar-refractivity contribution in [3.05, 3.63) is 58.6 Å².